The summed E-state index contributed by atoms with van der Waals surface area (Å²) in [6.45, 7) is 10.8. The van der Waals surface area contributed by atoms with Crippen LogP contribution < -0.4 is 5.32 Å². The molecule has 0 bridgehead atoms. The number of hydrogen-bond acceptors (Lipinski definition) is 2. The van der Waals surface area contributed by atoms with Crippen molar-refractivity contribution in [2.45, 2.75) is 59.1 Å². The van der Waals surface area contributed by atoms with E-state index in [-0.39, 0.29) is 0 Å². The van der Waals surface area contributed by atoms with Crippen LogP contribution in [0.5, 0.6) is 0 Å². The molecular weight excluding hydrogens is 186 g/mol. The first kappa shape index (κ1) is 13.0. The highest BCUT2D eigenvalue weighted by Crippen LogP contribution is 2.28. The average Bonchev–Trinajstić information content (AvgIpc) is 2.14. The molecule has 1 saturated carbocycles. The van der Waals surface area contributed by atoms with E-state index in [1.54, 1.807) is 0 Å². The highest BCUT2D eigenvalue weighted by atomic mass is 16.5. The third-order valence-corrected chi connectivity index (χ3v) is 3.32. The first-order chi connectivity index (χ1) is 7.11. The first-order valence-electron chi connectivity index (χ1n) is 6.46. The van der Waals surface area contributed by atoms with Crippen LogP contribution in [-0.2, 0) is 4.74 Å². The Hall–Kier alpha value is -0.0800. The summed E-state index contributed by atoms with van der Waals surface area (Å²) in [5.41, 5.74) is 0. The van der Waals surface area contributed by atoms with Crippen LogP contribution in [0.4, 0.5) is 0 Å². The highest BCUT2D eigenvalue weighted by molar-refractivity contribution is 4.80. The quantitative estimate of drug-likeness (QED) is 0.758. The molecule has 0 aromatic heterocycles. The third-order valence-electron chi connectivity index (χ3n) is 3.32. The predicted molar refractivity (Wildman–Crippen MR) is 65.1 cm³/mol. The fourth-order valence-electron chi connectivity index (χ4n) is 2.79. The zero-order valence-electron chi connectivity index (χ0n) is 10.8. The second kappa shape index (κ2) is 6.49. The van der Waals surface area contributed by atoms with Crippen LogP contribution in [-0.4, -0.2) is 25.3 Å². The minimum absolute atomic E-state index is 0.350. The molecule has 3 atom stereocenters. The maximum atomic E-state index is 5.52. The molecule has 0 saturated heterocycles. The Labute approximate surface area is 94.8 Å². The fraction of sp³-hybridized carbons (Fsp3) is 1.00. The lowest BCUT2D eigenvalue weighted by atomic mass is 9.80. The zero-order chi connectivity index (χ0) is 11.3. The molecule has 15 heavy (non-hydrogen) atoms. The van der Waals surface area contributed by atoms with E-state index in [0.717, 1.165) is 25.0 Å². The van der Waals surface area contributed by atoms with Crippen molar-refractivity contribution < 1.29 is 4.74 Å². The van der Waals surface area contributed by atoms with E-state index in [0.29, 0.717) is 12.1 Å². The van der Waals surface area contributed by atoms with Gasteiger partial charge in [-0.2, -0.15) is 0 Å². The first-order valence-corrected chi connectivity index (χ1v) is 6.46. The van der Waals surface area contributed by atoms with Gasteiger partial charge in [-0.05, 0) is 44.9 Å². The predicted octanol–water partition coefficient (Wildman–Crippen LogP) is 2.83. The summed E-state index contributed by atoms with van der Waals surface area (Å²) < 4.78 is 5.52. The molecule has 0 aromatic rings. The van der Waals surface area contributed by atoms with Gasteiger partial charge in [-0.3, -0.25) is 0 Å². The Kier molecular flexibility index (Phi) is 5.62. The molecule has 1 fully saturated rings. The molecule has 2 heteroatoms. The zero-order valence-corrected chi connectivity index (χ0v) is 10.8. The van der Waals surface area contributed by atoms with Crippen LogP contribution in [0.25, 0.3) is 0 Å². The number of hydrogen-bond donors (Lipinski definition) is 1. The van der Waals surface area contributed by atoms with Gasteiger partial charge in [-0.1, -0.05) is 13.8 Å². The molecule has 3 unspecified atom stereocenters. The normalized spacial score (nSPS) is 34.0. The van der Waals surface area contributed by atoms with Crippen molar-refractivity contribution >= 4 is 0 Å². The van der Waals surface area contributed by atoms with E-state index < -0.39 is 0 Å². The van der Waals surface area contributed by atoms with Gasteiger partial charge >= 0.3 is 0 Å². The Morgan fingerprint density at radius 3 is 2.33 bits per heavy atom. The summed E-state index contributed by atoms with van der Waals surface area (Å²) in [5.74, 6) is 1.77. The van der Waals surface area contributed by atoms with E-state index in [4.69, 9.17) is 4.74 Å². The lowest BCUT2D eigenvalue weighted by Crippen LogP contribution is -2.40. The van der Waals surface area contributed by atoms with E-state index in [9.17, 15) is 0 Å². The maximum absolute atomic E-state index is 5.52. The van der Waals surface area contributed by atoms with Crippen molar-refractivity contribution in [2.75, 3.05) is 13.2 Å². The van der Waals surface area contributed by atoms with Gasteiger partial charge in [0.2, 0.25) is 0 Å². The lowest BCUT2D eigenvalue weighted by Gasteiger charge is -2.32. The van der Waals surface area contributed by atoms with Crippen molar-refractivity contribution in [1.29, 1.82) is 0 Å². The molecule has 0 radical (unpaired) electrons. The van der Waals surface area contributed by atoms with Gasteiger partial charge in [-0.15, -0.1) is 0 Å². The van der Waals surface area contributed by atoms with Gasteiger partial charge in [0.1, 0.15) is 0 Å². The molecule has 1 aliphatic carbocycles. The van der Waals surface area contributed by atoms with E-state index >= 15 is 0 Å². The largest absolute Gasteiger partial charge is 0.377 e. The number of rotatable bonds is 5. The molecule has 0 aromatic carbocycles. The fourth-order valence-corrected chi connectivity index (χ4v) is 2.79. The Morgan fingerprint density at radius 1 is 1.20 bits per heavy atom. The highest BCUT2D eigenvalue weighted by Gasteiger charge is 2.23. The van der Waals surface area contributed by atoms with Crippen molar-refractivity contribution in [3.05, 3.63) is 0 Å². The van der Waals surface area contributed by atoms with Crippen molar-refractivity contribution in [1.82, 2.24) is 5.32 Å². The molecule has 1 N–H and O–H groups in total. The molecule has 1 aliphatic rings. The minimum Gasteiger partial charge on any atom is -0.377 e. The smallest absolute Gasteiger partial charge is 0.0671 e. The Morgan fingerprint density at radius 2 is 1.80 bits per heavy atom. The Bertz CT molecular complexity index is 162. The molecule has 90 valence electrons. The van der Waals surface area contributed by atoms with Gasteiger partial charge < -0.3 is 10.1 Å². The molecule has 0 spiro atoms. The minimum atomic E-state index is 0.350. The second-order valence-corrected chi connectivity index (χ2v) is 5.29. The van der Waals surface area contributed by atoms with Crippen LogP contribution in [0.1, 0.15) is 47.0 Å². The monoisotopic (exact) mass is 213 g/mol. The van der Waals surface area contributed by atoms with Gasteiger partial charge in [0.25, 0.3) is 0 Å². The topological polar surface area (TPSA) is 21.3 Å². The Balaban J connectivity index is 2.20. The maximum Gasteiger partial charge on any atom is 0.0671 e. The molecule has 2 nitrogen and oxygen atoms in total. The van der Waals surface area contributed by atoms with Gasteiger partial charge in [0.05, 0.1) is 6.10 Å². The summed E-state index contributed by atoms with van der Waals surface area (Å²) >= 11 is 0. The van der Waals surface area contributed by atoms with E-state index in [2.05, 4.69) is 33.0 Å². The van der Waals surface area contributed by atoms with Crippen LogP contribution in [0.3, 0.4) is 0 Å². The summed E-state index contributed by atoms with van der Waals surface area (Å²) in [6.07, 6.45) is 4.42. The van der Waals surface area contributed by atoms with Crippen molar-refractivity contribution in [3.8, 4) is 0 Å². The van der Waals surface area contributed by atoms with Crippen LogP contribution in [0.15, 0.2) is 0 Å². The number of ether oxygens (including phenoxy) is 1. The lowest BCUT2D eigenvalue weighted by molar-refractivity contribution is 0.0706. The molecule has 0 heterocycles. The summed E-state index contributed by atoms with van der Waals surface area (Å²) in [6, 6.07) is 0.714. The summed E-state index contributed by atoms with van der Waals surface area (Å²) in [4.78, 5) is 0. The SMILES string of the molecule is CCOC(C)CNC1CC(C)CC(C)C1. The molecule has 0 amide bonds. The summed E-state index contributed by atoms with van der Waals surface area (Å²) in [5, 5.41) is 3.64. The van der Waals surface area contributed by atoms with E-state index in [1.807, 2.05) is 0 Å². The third kappa shape index (κ3) is 4.98. The van der Waals surface area contributed by atoms with Crippen molar-refractivity contribution in [2.24, 2.45) is 11.8 Å². The van der Waals surface area contributed by atoms with Gasteiger partial charge in [-0.25, -0.2) is 0 Å². The standard InChI is InChI=1S/C13H27NO/c1-5-15-12(4)9-14-13-7-10(2)6-11(3)8-13/h10-14H,5-9H2,1-4H3. The van der Waals surface area contributed by atoms with Crippen LogP contribution >= 0.6 is 0 Å². The molecule has 0 aliphatic heterocycles. The van der Waals surface area contributed by atoms with Crippen LogP contribution in [0.2, 0.25) is 0 Å². The second-order valence-electron chi connectivity index (χ2n) is 5.29. The summed E-state index contributed by atoms with van der Waals surface area (Å²) in [7, 11) is 0. The molecular formula is C13H27NO. The van der Waals surface area contributed by atoms with Gasteiger partial charge in [0.15, 0.2) is 0 Å². The van der Waals surface area contributed by atoms with Gasteiger partial charge in [0, 0.05) is 19.2 Å². The van der Waals surface area contributed by atoms with Crippen molar-refractivity contribution in [3.63, 3.8) is 0 Å². The molecule has 1 rings (SSSR count). The average molecular weight is 213 g/mol. The van der Waals surface area contributed by atoms with E-state index in [1.165, 1.54) is 19.3 Å². The number of nitrogens with one attached hydrogen (secondary N) is 1. The van der Waals surface area contributed by atoms with Crippen LogP contribution in [0, 0.1) is 11.8 Å².